The number of nitrogens with one attached hydrogen (secondary N) is 2. The lowest BCUT2D eigenvalue weighted by molar-refractivity contribution is 0.1000. The summed E-state index contributed by atoms with van der Waals surface area (Å²) in [6.07, 6.45) is 3.73. The van der Waals surface area contributed by atoms with E-state index >= 15 is 0 Å². The Morgan fingerprint density at radius 3 is 3.00 bits per heavy atom. The van der Waals surface area contributed by atoms with Gasteiger partial charge >= 0.3 is 0 Å². The van der Waals surface area contributed by atoms with Crippen LogP contribution in [0.2, 0.25) is 0 Å². The summed E-state index contributed by atoms with van der Waals surface area (Å²) in [5, 5.41) is 4.48. The number of nitrogens with two attached hydrogens (primary N) is 1. The highest BCUT2D eigenvalue weighted by Gasteiger charge is 2.04. The van der Waals surface area contributed by atoms with Crippen molar-refractivity contribution in [2.24, 2.45) is 5.73 Å². The molecule has 0 saturated carbocycles. The first kappa shape index (κ1) is 13.3. The highest BCUT2D eigenvalue weighted by atomic mass is 16.1. The topological polar surface area (TPSA) is 83.8 Å². The molecule has 21 heavy (non-hydrogen) atoms. The van der Waals surface area contributed by atoms with E-state index in [0.29, 0.717) is 12.1 Å². The van der Waals surface area contributed by atoms with Gasteiger partial charge in [0.15, 0.2) is 0 Å². The van der Waals surface area contributed by atoms with E-state index in [4.69, 9.17) is 5.73 Å². The van der Waals surface area contributed by atoms with Gasteiger partial charge in [-0.2, -0.15) is 0 Å². The maximum Gasteiger partial charge on any atom is 0.248 e. The molecule has 1 aromatic carbocycles. The summed E-state index contributed by atoms with van der Waals surface area (Å²) in [6, 6.07) is 11.3. The fourth-order valence-electron chi connectivity index (χ4n) is 2.33. The molecule has 0 atom stereocenters. The van der Waals surface area contributed by atoms with Crippen molar-refractivity contribution in [3.63, 3.8) is 0 Å². The van der Waals surface area contributed by atoms with Crippen LogP contribution < -0.4 is 11.1 Å². The maximum absolute atomic E-state index is 11.2. The Balaban J connectivity index is 1.66. The molecule has 0 fully saturated rings. The number of carbonyl (C=O) groups is 1. The zero-order valence-corrected chi connectivity index (χ0v) is 11.5. The molecule has 3 aromatic rings. The zero-order chi connectivity index (χ0) is 14.7. The van der Waals surface area contributed by atoms with Gasteiger partial charge < -0.3 is 16.0 Å². The van der Waals surface area contributed by atoms with Gasteiger partial charge in [0, 0.05) is 36.4 Å². The molecule has 0 bridgehead atoms. The quantitative estimate of drug-likeness (QED) is 0.668. The van der Waals surface area contributed by atoms with Crippen molar-refractivity contribution < 1.29 is 4.79 Å². The lowest BCUT2D eigenvalue weighted by atomic mass is 10.1. The van der Waals surface area contributed by atoms with Crippen LogP contribution in [0.3, 0.4) is 0 Å². The van der Waals surface area contributed by atoms with Crippen LogP contribution in [0.4, 0.5) is 0 Å². The lowest BCUT2D eigenvalue weighted by Gasteiger charge is -2.05. The molecular formula is C16H16N4O. The van der Waals surface area contributed by atoms with Crippen molar-refractivity contribution in [1.82, 2.24) is 15.3 Å². The smallest absolute Gasteiger partial charge is 0.248 e. The van der Waals surface area contributed by atoms with E-state index in [-0.39, 0.29) is 0 Å². The lowest BCUT2D eigenvalue weighted by Crippen LogP contribution is -2.14. The molecule has 3 rings (SSSR count). The summed E-state index contributed by atoms with van der Waals surface area (Å²) >= 11 is 0. The number of hydrogen-bond donors (Lipinski definition) is 3. The van der Waals surface area contributed by atoms with Crippen molar-refractivity contribution in [3.05, 3.63) is 65.5 Å². The standard InChI is InChI=1S/C16H16N4O/c17-15(21)12-4-1-3-11(7-12)8-18-9-13-10-20-16-14(13)5-2-6-19-16/h1-7,10,18H,8-9H2,(H2,17,21)(H,19,20). The minimum absolute atomic E-state index is 0.403. The van der Waals surface area contributed by atoms with Gasteiger partial charge in [0.2, 0.25) is 5.91 Å². The molecule has 0 aliphatic heterocycles. The van der Waals surface area contributed by atoms with Crippen molar-refractivity contribution in [1.29, 1.82) is 0 Å². The molecule has 4 N–H and O–H groups in total. The first-order chi connectivity index (χ1) is 10.2. The van der Waals surface area contributed by atoms with Crippen molar-refractivity contribution in [2.75, 3.05) is 0 Å². The van der Waals surface area contributed by atoms with Crippen LogP contribution in [0.5, 0.6) is 0 Å². The Labute approximate surface area is 122 Å². The van der Waals surface area contributed by atoms with Gasteiger partial charge in [0.1, 0.15) is 5.65 Å². The fraction of sp³-hybridized carbons (Fsp3) is 0.125. The predicted octanol–water partition coefficient (Wildman–Crippen LogP) is 1.95. The number of amides is 1. The second-order valence-corrected chi connectivity index (χ2v) is 4.88. The number of nitrogens with zero attached hydrogens (tertiary/aromatic N) is 1. The van der Waals surface area contributed by atoms with E-state index in [1.807, 2.05) is 36.5 Å². The van der Waals surface area contributed by atoms with E-state index in [1.165, 1.54) is 5.56 Å². The van der Waals surface area contributed by atoms with Crippen molar-refractivity contribution in [2.45, 2.75) is 13.1 Å². The first-order valence-corrected chi connectivity index (χ1v) is 6.74. The number of H-pyrrole nitrogens is 1. The average Bonchev–Trinajstić information content (AvgIpc) is 2.91. The fourth-order valence-corrected chi connectivity index (χ4v) is 2.33. The van der Waals surface area contributed by atoms with Crippen LogP contribution in [-0.2, 0) is 13.1 Å². The summed E-state index contributed by atoms with van der Waals surface area (Å²) in [4.78, 5) is 18.6. The summed E-state index contributed by atoms with van der Waals surface area (Å²) in [6.45, 7) is 1.40. The van der Waals surface area contributed by atoms with Gasteiger partial charge in [0.05, 0.1) is 0 Å². The molecule has 0 unspecified atom stereocenters. The largest absolute Gasteiger partial charge is 0.366 e. The Morgan fingerprint density at radius 1 is 1.24 bits per heavy atom. The minimum Gasteiger partial charge on any atom is -0.366 e. The third kappa shape index (κ3) is 2.93. The Morgan fingerprint density at radius 2 is 2.14 bits per heavy atom. The van der Waals surface area contributed by atoms with Crippen molar-refractivity contribution in [3.8, 4) is 0 Å². The van der Waals surface area contributed by atoms with Crippen LogP contribution in [0.25, 0.3) is 11.0 Å². The summed E-state index contributed by atoms with van der Waals surface area (Å²) in [5.41, 5.74) is 8.91. The molecule has 106 valence electrons. The van der Waals surface area contributed by atoms with E-state index < -0.39 is 5.91 Å². The average molecular weight is 280 g/mol. The Hall–Kier alpha value is -2.66. The number of carbonyl (C=O) groups excluding carboxylic acids is 1. The van der Waals surface area contributed by atoms with Gasteiger partial charge in [-0.25, -0.2) is 4.98 Å². The number of benzene rings is 1. The monoisotopic (exact) mass is 280 g/mol. The molecule has 5 nitrogen and oxygen atoms in total. The second-order valence-electron chi connectivity index (χ2n) is 4.88. The number of fused-ring (bicyclic) bond motifs is 1. The highest BCUT2D eigenvalue weighted by molar-refractivity contribution is 5.92. The Bertz CT molecular complexity index is 779. The van der Waals surface area contributed by atoms with Gasteiger partial charge in [-0.1, -0.05) is 12.1 Å². The summed E-state index contributed by atoms with van der Waals surface area (Å²) < 4.78 is 0. The molecule has 0 aliphatic carbocycles. The Kier molecular flexibility index (Phi) is 3.66. The number of primary amides is 1. The predicted molar refractivity (Wildman–Crippen MR) is 81.6 cm³/mol. The molecule has 0 spiro atoms. The number of pyridine rings is 1. The third-order valence-corrected chi connectivity index (χ3v) is 3.39. The molecule has 1 amide bonds. The second kappa shape index (κ2) is 5.76. The minimum atomic E-state index is -0.403. The van der Waals surface area contributed by atoms with Gasteiger partial charge in [-0.3, -0.25) is 4.79 Å². The van der Waals surface area contributed by atoms with E-state index in [9.17, 15) is 4.79 Å². The van der Waals surface area contributed by atoms with Gasteiger partial charge in [0.25, 0.3) is 0 Å². The van der Waals surface area contributed by atoms with E-state index in [1.54, 1.807) is 12.3 Å². The molecule has 0 radical (unpaired) electrons. The van der Waals surface area contributed by atoms with Crippen LogP contribution in [-0.4, -0.2) is 15.9 Å². The van der Waals surface area contributed by atoms with Crippen LogP contribution in [0.15, 0.2) is 48.8 Å². The van der Waals surface area contributed by atoms with Crippen LogP contribution in [0.1, 0.15) is 21.5 Å². The third-order valence-electron chi connectivity index (χ3n) is 3.39. The van der Waals surface area contributed by atoms with E-state index in [2.05, 4.69) is 15.3 Å². The molecule has 2 heterocycles. The number of hydrogen-bond acceptors (Lipinski definition) is 3. The normalized spacial score (nSPS) is 10.9. The van der Waals surface area contributed by atoms with Gasteiger partial charge in [-0.05, 0) is 35.4 Å². The van der Waals surface area contributed by atoms with Gasteiger partial charge in [-0.15, -0.1) is 0 Å². The van der Waals surface area contributed by atoms with Crippen LogP contribution >= 0.6 is 0 Å². The molecule has 0 saturated heterocycles. The summed E-state index contributed by atoms with van der Waals surface area (Å²) in [7, 11) is 0. The molecule has 5 heteroatoms. The molecule has 0 aliphatic rings. The zero-order valence-electron chi connectivity index (χ0n) is 11.5. The van der Waals surface area contributed by atoms with Crippen molar-refractivity contribution >= 4 is 16.9 Å². The maximum atomic E-state index is 11.2. The number of aromatic nitrogens is 2. The highest BCUT2D eigenvalue weighted by Crippen LogP contribution is 2.15. The number of aromatic amines is 1. The first-order valence-electron chi connectivity index (χ1n) is 6.74. The van der Waals surface area contributed by atoms with Crippen LogP contribution in [0, 0.1) is 0 Å². The summed E-state index contributed by atoms with van der Waals surface area (Å²) in [5.74, 6) is -0.403. The SMILES string of the molecule is NC(=O)c1cccc(CNCc2c[nH]c3ncccc23)c1. The number of rotatable bonds is 5. The molecular weight excluding hydrogens is 264 g/mol. The van der Waals surface area contributed by atoms with E-state index in [0.717, 1.165) is 23.1 Å². The molecule has 2 aromatic heterocycles.